The number of ether oxygens (including phenoxy) is 2. The third-order valence-electron chi connectivity index (χ3n) is 4.80. The first-order valence-corrected chi connectivity index (χ1v) is 7.85. The number of carbonyl (C=O) groups is 2. The van der Waals surface area contributed by atoms with Gasteiger partial charge in [-0.15, -0.1) is 0 Å². The Kier molecular flexibility index (Phi) is 4.63. The first-order chi connectivity index (χ1) is 11.2. The standard InChI is InChI=1S/C17H22N2O4/c1-22-16(20)13-10-14(17(21)23-2)19-9-8-18(15(13)19)11-12-6-4-3-5-7-12/h3-7,13-15H,8-11H2,1-2H3/t13-,14-,15-/m0/s1. The molecule has 0 aromatic heterocycles. The molecular formula is C17H22N2O4. The van der Waals surface area contributed by atoms with E-state index in [0.29, 0.717) is 6.42 Å². The topological polar surface area (TPSA) is 59.1 Å². The fourth-order valence-corrected chi connectivity index (χ4v) is 3.77. The fraction of sp³-hybridized carbons (Fsp3) is 0.529. The van der Waals surface area contributed by atoms with E-state index in [4.69, 9.17) is 9.47 Å². The van der Waals surface area contributed by atoms with E-state index in [1.54, 1.807) is 0 Å². The maximum atomic E-state index is 12.2. The van der Waals surface area contributed by atoms with Crippen molar-refractivity contribution in [2.45, 2.75) is 25.2 Å². The van der Waals surface area contributed by atoms with Crippen molar-refractivity contribution in [1.29, 1.82) is 0 Å². The van der Waals surface area contributed by atoms with Crippen LogP contribution in [0.2, 0.25) is 0 Å². The second-order valence-corrected chi connectivity index (χ2v) is 6.01. The molecule has 2 aliphatic heterocycles. The lowest BCUT2D eigenvalue weighted by molar-refractivity contribution is -0.148. The summed E-state index contributed by atoms with van der Waals surface area (Å²) >= 11 is 0. The van der Waals surface area contributed by atoms with Crippen LogP contribution in [0.25, 0.3) is 0 Å². The van der Waals surface area contributed by atoms with Crippen LogP contribution >= 0.6 is 0 Å². The number of benzene rings is 1. The van der Waals surface area contributed by atoms with Gasteiger partial charge in [0.2, 0.25) is 0 Å². The highest BCUT2D eigenvalue weighted by molar-refractivity contribution is 5.80. The Morgan fingerprint density at radius 2 is 1.78 bits per heavy atom. The van der Waals surface area contributed by atoms with Gasteiger partial charge in [0.25, 0.3) is 0 Å². The van der Waals surface area contributed by atoms with Crippen molar-refractivity contribution in [3.63, 3.8) is 0 Å². The van der Waals surface area contributed by atoms with Gasteiger partial charge in [-0.3, -0.25) is 19.4 Å². The van der Waals surface area contributed by atoms with Crippen molar-refractivity contribution >= 4 is 11.9 Å². The third-order valence-corrected chi connectivity index (χ3v) is 4.80. The summed E-state index contributed by atoms with van der Waals surface area (Å²) in [6.07, 6.45) is 0.349. The van der Waals surface area contributed by atoms with Gasteiger partial charge >= 0.3 is 11.9 Å². The van der Waals surface area contributed by atoms with Gasteiger partial charge in [0.1, 0.15) is 6.04 Å². The SMILES string of the molecule is COC(=O)[C@H]1C[C@@H](C(=O)OC)N2CCN(Cc3ccccc3)[C@H]12. The molecule has 0 saturated carbocycles. The minimum Gasteiger partial charge on any atom is -0.469 e. The molecule has 2 fully saturated rings. The smallest absolute Gasteiger partial charge is 0.323 e. The second kappa shape index (κ2) is 6.68. The van der Waals surface area contributed by atoms with Crippen molar-refractivity contribution in [1.82, 2.24) is 9.80 Å². The van der Waals surface area contributed by atoms with E-state index in [1.807, 2.05) is 18.2 Å². The molecule has 1 aromatic carbocycles. The molecule has 6 nitrogen and oxygen atoms in total. The van der Waals surface area contributed by atoms with Gasteiger partial charge in [-0.1, -0.05) is 30.3 Å². The molecule has 6 heteroatoms. The van der Waals surface area contributed by atoms with Crippen LogP contribution < -0.4 is 0 Å². The lowest BCUT2D eigenvalue weighted by atomic mass is 10.0. The molecular weight excluding hydrogens is 296 g/mol. The highest BCUT2D eigenvalue weighted by Crippen LogP contribution is 2.37. The van der Waals surface area contributed by atoms with Crippen LogP contribution in [0.3, 0.4) is 0 Å². The zero-order valence-electron chi connectivity index (χ0n) is 13.5. The summed E-state index contributed by atoms with van der Waals surface area (Å²) in [6.45, 7) is 2.33. The lowest BCUT2D eigenvalue weighted by Gasteiger charge is -2.28. The lowest BCUT2D eigenvalue weighted by Crippen LogP contribution is -2.44. The molecule has 0 amide bonds. The fourth-order valence-electron chi connectivity index (χ4n) is 3.77. The largest absolute Gasteiger partial charge is 0.469 e. The monoisotopic (exact) mass is 318 g/mol. The summed E-state index contributed by atoms with van der Waals surface area (Å²) in [5.74, 6) is -0.857. The summed E-state index contributed by atoms with van der Waals surface area (Å²) in [5, 5.41) is 0. The molecule has 2 aliphatic rings. The van der Waals surface area contributed by atoms with E-state index in [9.17, 15) is 9.59 Å². The van der Waals surface area contributed by atoms with Crippen molar-refractivity contribution in [3.05, 3.63) is 35.9 Å². The van der Waals surface area contributed by atoms with Gasteiger partial charge in [0, 0.05) is 19.6 Å². The number of esters is 2. The van der Waals surface area contributed by atoms with Gasteiger partial charge < -0.3 is 9.47 Å². The Bertz CT molecular complexity index is 577. The highest BCUT2D eigenvalue weighted by atomic mass is 16.5. The highest BCUT2D eigenvalue weighted by Gasteiger charge is 2.53. The molecule has 0 radical (unpaired) electrons. The molecule has 2 saturated heterocycles. The Labute approximate surface area is 136 Å². The average molecular weight is 318 g/mol. The average Bonchev–Trinajstić information content (AvgIpc) is 3.15. The van der Waals surface area contributed by atoms with Crippen molar-refractivity contribution in [2.75, 3.05) is 27.3 Å². The first-order valence-electron chi connectivity index (χ1n) is 7.85. The summed E-state index contributed by atoms with van der Waals surface area (Å²) in [6, 6.07) is 9.78. The van der Waals surface area contributed by atoms with E-state index in [2.05, 4.69) is 21.9 Å². The van der Waals surface area contributed by atoms with Crippen LogP contribution in [0.4, 0.5) is 0 Å². The number of hydrogen-bond donors (Lipinski definition) is 0. The summed E-state index contributed by atoms with van der Waals surface area (Å²) in [4.78, 5) is 28.6. The van der Waals surface area contributed by atoms with E-state index < -0.39 is 0 Å². The van der Waals surface area contributed by atoms with Crippen LogP contribution in [0.15, 0.2) is 30.3 Å². The molecule has 2 heterocycles. The van der Waals surface area contributed by atoms with Crippen LogP contribution in [-0.4, -0.2) is 61.3 Å². The molecule has 1 aromatic rings. The van der Waals surface area contributed by atoms with Crippen LogP contribution in [-0.2, 0) is 25.6 Å². The number of hydrogen-bond acceptors (Lipinski definition) is 6. The maximum absolute atomic E-state index is 12.2. The Hall–Kier alpha value is -1.92. The van der Waals surface area contributed by atoms with Gasteiger partial charge in [0.05, 0.1) is 26.3 Å². The van der Waals surface area contributed by atoms with Gasteiger partial charge in [-0.2, -0.15) is 0 Å². The Balaban J connectivity index is 1.82. The third kappa shape index (κ3) is 2.96. The van der Waals surface area contributed by atoms with E-state index in [1.165, 1.54) is 19.8 Å². The predicted molar refractivity (Wildman–Crippen MR) is 83.3 cm³/mol. The van der Waals surface area contributed by atoms with Crippen molar-refractivity contribution in [3.8, 4) is 0 Å². The second-order valence-electron chi connectivity index (χ2n) is 6.01. The molecule has 3 atom stereocenters. The molecule has 3 rings (SSSR count). The molecule has 124 valence electrons. The quantitative estimate of drug-likeness (QED) is 0.768. The van der Waals surface area contributed by atoms with Crippen LogP contribution in [0.1, 0.15) is 12.0 Å². The molecule has 0 N–H and O–H groups in total. The normalized spacial score (nSPS) is 27.7. The van der Waals surface area contributed by atoms with Gasteiger partial charge in [-0.25, -0.2) is 0 Å². The Morgan fingerprint density at radius 3 is 2.43 bits per heavy atom. The van der Waals surface area contributed by atoms with Gasteiger partial charge in [0.15, 0.2) is 0 Å². The molecule has 0 aliphatic carbocycles. The number of rotatable bonds is 4. The molecule has 0 bridgehead atoms. The number of methoxy groups -OCH3 is 2. The Morgan fingerprint density at radius 1 is 1.09 bits per heavy atom. The number of fused-ring (bicyclic) bond motifs is 1. The molecule has 0 unspecified atom stereocenters. The van der Waals surface area contributed by atoms with Crippen molar-refractivity contribution in [2.24, 2.45) is 5.92 Å². The minimum atomic E-state index is -0.366. The summed E-state index contributed by atoms with van der Waals surface area (Å²) in [7, 11) is 2.79. The van der Waals surface area contributed by atoms with E-state index >= 15 is 0 Å². The number of carbonyl (C=O) groups excluding carboxylic acids is 2. The zero-order chi connectivity index (χ0) is 16.4. The number of nitrogens with zero attached hydrogens (tertiary/aromatic N) is 2. The molecule has 0 spiro atoms. The van der Waals surface area contributed by atoms with Crippen molar-refractivity contribution < 1.29 is 19.1 Å². The minimum absolute atomic E-state index is 0.105. The van der Waals surface area contributed by atoms with Gasteiger partial charge in [-0.05, 0) is 12.0 Å². The van der Waals surface area contributed by atoms with Crippen LogP contribution in [0, 0.1) is 5.92 Å². The predicted octanol–water partition coefficient (Wildman–Crippen LogP) is 0.865. The summed E-state index contributed by atoms with van der Waals surface area (Å²) < 4.78 is 9.86. The summed E-state index contributed by atoms with van der Waals surface area (Å²) in [5.41, 5.74) is 1.19. The van der Waals surface area contributed by atoms with Crippen LogP contribution in [0.5, 0.6) is 0 Å². The molecule has 23 heavy (non-hydrogen) atoms. The maximum Gasteiger partial charge on any atom is 0.323 e. The van der Waals surface area contributed by atoms with E-state index in [-0.39, 0.29) is 30.1 Å². The zero-order valence-corrected chi connectivity index (χ0v) is 13.5. The first kappa shape index (κ1) is 16.0. The van der Waals surface area contributed by atoms with E-state index in [0.717, 1.165) is 19.6 Å².